The van der Waals surface area contributed by atoms with E-state index in [0.29, 0.717) is 18.3 Å². The summed E-state index contributed by atoms with van der Waals surface area (Å²) in [5.41, 5.74) is -0.831. The molecule has 25 heavy (non-hydrogen) atoms. The van der Waals surface area contributed by atoms with Crippen LogP contribution in [0.3, 0.4) is 0 Å². The molecular formula is C18H20F3NO3. The summed E-state index contributed by atoms with van der Waals surface area (Å²) in [7, 11) is 0. The van der Waals surface area contributed by atoms with Crippen LogP contribution < -0.4 is 5.32 Å². The van der Waals surface area contributed by atoms with Crippen molar-refractivity contribution in [2.75, 3.05) is 11.9 Å². The third-order valence-electron chi connectivity index (χ3n) is 5.15. The number of carbonyl (C=O) groups excluding carboxylic acids is 2. The fraction of sp³-hybridized carbons (Fsp3) is 0.556. The zero-order valence-electron chi connectivity index (χ0n) is 13.6. The summed E-state index contributed by atoms with van der Waals surface area (Å²) in [6, 6.07) is 4.32. The SMILES string of the molecule is O=C(COC(=O)C[C@@H]1C[C@@H]2CC[C@@H]1C2)Nc1cccc(C(F)(F)F)c1. The summed E-state index contributed by atoms with van der Waals surface area (Å²) >= 11 is 0. The number of esters is 1. The predicted molar refractivity (Wildman–Crippen MR) is 84.6 cm³/mol. The molecule has 0 heterocycles. The highest BCUT2D eigenvalue weighted by Crippen LogP contribution is 2.49. The molecule has 3 atom stereocenters. The lowest BCUT2D eigenvalue weighted by molar-refractivity contribution is -0.148. The summed E-state index contributed by atoms with van der Waals surface area (Å²) in [6.07, 6.45) is 0.490. The summed E-state index contributed by atoms with van der Waals surface area (Å²) in [4.78, 5) is 23.6. The molecule has 7 heteroatoms. The molecule has 1 amide bonds. The number of halogens is 3. The molecule has 0 aromatic heterocycles. The Morgan fingerprint density at radius 2 is 2.00 bits per heavy atom. The van der Waals surface area contributed by atoms with Gasteiger partial charge in [0.15, 0.2) is 6.61 Å². The van der Waals surface area contributed by atoms with Gasteiger partial charge >= 0.3 is 12.1 Å². The van der Waals surface area contributed by atoms with E-state index in [1.165, 1.54) is 31.4 Å². The third-order valence-corrected chi connectivity index (χ3v) is 5.15. The van der Waals surface area contributed by atoms with Crippen molar-refractivity contribution >= 4 is 17.6 Å². The molecule has 0 unspecified atom stereocenters. The number of rotatable bonds is 5. The molecule has 1 aromatic rings. The molecule has 0 radical (unpaired) electrons. The standard InChI is InChI=1S/C18H20F3NO3/c19-18(20,21)14-2-1-3-15(9-14)22-16(23)10-25-17(24)8-13-7-11-4-5-12(13)6-11/h1-3,9,11-13H,4-8,10H2,(H,22,23)/t11-,12-,13+/m1/s1. The van der Waals surface area contributed by atoms with Gasteiger partial charge in [-0.25, -0.2) is 0 Å². The molecule has 2 bridgehead atoms. The molecule has 1 aromatic carbocycles. The van der Waals surface area contributed by atoms with Crippen LogP contribution in [0.15, 0.2) is 24.3 Å². The molecule has 1 N–H and O–H groups in total. The number of amides is 1. The number of ether oxygens (including phenoxy) is 1. The Balaban J connectivity index is 1.44. The van der Waals surface area contributed by atoms with Crippen molar-refractivity contribution in [3.8, 4) is 0 Å². The molecule has 2 aliphatic carbocycles. The van der Waals surface area contributed by atoms with Crippen LogP contribution in [0.5, 0.6) is 0 Å². The van der Waals surface area contributed by atoms with Crippen LogP contribution in [-0.4, -0.2) is 18.5 Å². The second kappa shape index (κ2) is 7.06. The summed E-state index contributed by atoms with van der Waals surface area (Å²) in [6.45, 7) is -0.490. The van der Waals surface area contributed by atoms with Gasteiger partial charge < -0.3 is 10.1 Å². The van der Waals surface area contributed by atoms with Gasteiger partial charge in [0, 0.05) is 12.1 Å². The molecule has 0 saturated heterocycles. The zero-order valence-corrected chi connectivity index (χ0v) is 13.6. The molecule has 0 aliphatic heterocycles. The molecular weight excluding hydrogens is 335 g/mol. The van der Waals surface area contributed by atoms with Crippen molar-refractivity contribution in [2.45, 2.75) is 38.3 Å². The predicted octanol–water partition coefficient (Wildman–Crippen LogP) is 4.01. The summed E-state index contributed by atoms with van der Waals surface area (Å²) in [5, 5.41) is 2.31. The van der Waals surface area contributed by atoms with Crippen molar-refractivity contribution in [1.82, 2.24) is 0 Å². The van der Waals surface area contributed by atoms with Gasteiger partial charge in [0.25, 0.3) is 5.91 Å². The van der Waals surface area contributed by atoms with Gasteiger partial charge in [-0.1, -0.05) is 12.5 Å². The van der Waals surface area contributed by atoms with Gasteiger partial charge in [-0.3, -0.25) is 9.59 Å². The molecule has 2 fully saturated rings. The maximum atomic E-state index is 12.6. The number of fused-ring (bicyclic) bond motifs is 2. The third kappa shape index (κ3) is 4.52. The lowest BCUT2D eigenvalue weighted by Gasteiger charge is -2.20. The summed E-state index contributed by atoms with van der Waals surface area (Å²) in [5.74, 6) is 0.596. The van der Waals surface area contributed by atoms with Crippen LogP contribution >= 0.6 is 0 Å². The quantitative estimate of drug-likeness (QED) is 0.812. The Morgan fingerprint density at radius 3 is 2.64 bits per heavy atom. The monoisotopic (exact) mass is 355 g/mol. The lowest BCUT2D eigenvalue weighted by Crippen LogP contribution is -2.23. The Hall–Kier alpha value is -2.05. The minimum Gasteiger partial charge on any atom is -0.456 e. The normalized spacial score (nSPS) is 25.0. The van der Waals surface area contributed by atoms with Crippen molar-refractivity contribution in [3.63, 3.8) is 0 Å². The number of hydrogen-bond donors (Lipinski definition) is 1. The molecule has 0 spiro atoms. The van der Waals surface area contributed by atoms with Gasteiger partial charge in [-0.2, -0.15) is 13.2 Å². The van der Waals surface area contributed by atoms with Crippen LogP contribution in [0.4, 0.5) is 18.9 Å². The molecule has 3 rings (SSSR count). The minimum atomic E-state index is -4.48. The van der Waals surface area contributed by atoms with Gasteiger partial charge in [0.05, 0.1) is 5.56 Å². The average molecular weight is 355 g/mol. The van der Waals surface area contributed by atoms with Gasteiger partial charge in [0.1, 0.15) is 0 Å². The molecule has 4 nitrogen and oxygen atoms in total. The van der Waals surface area contributed by atoms with Crippen LogP contribution in [0.1, 0.15) is 37.7 Å². The maximum absolute atomic E-state index is 12.6. The van der Waals surface area contributed by atoms with Gasteiger partial charge in [-0.15, -0.1) is 0 Å². The van der Waals surface area contributed by atoms with Crippen LogP contribution in [0.2, 0.25) is 0 Å². The first-order valence-electron chi connectivity index (χ1n) is 8.44. The van der Waals surface area contributed by atoms with Gasteiger partial charge in [-0.05, 0) is 55.2 Å². The van der Waals surface area contributed by atoms with E-state index in [4.69, 9.17) is 4.74 Å². The highest BCUT2D eigenvalue weighted by molar-refractivity contribution is 5.92. The smallest absolute Gasteiger partial charge is 0.416 e. The lowest BCUT2D eigenvalue weighted by atomic mass is 9.86. The largest absolute Gasteiger partial charge is 0.456 e. The Labute approximate surface area is 143 Å². The number of nitrogens with one attached hydrogen (secondary N) is 1. The van der Waals surface area contributed by atoms with Crippen LogP contribution in [-0.2, 0) is 20.5 Å². The van der Waals surface area contributed by atoms with Crippen LogP contribution in [0.25, 0.3) is 0 Å². The highest BCUT2D eigenvalue weighted by Gasteiger charge is 2.40. The Bertz CT molecular complexity index is 659. The first-order valence-corrected chi connectivity index (χ1v) is 8.44. The Morgan fingerprint density at radius 1 is 1.20 bits per heavy atom. The van der Waals surface area contributed by atoms with E-state index in [1.54, 1.807) is 0 Å². The van der Waals surface area contributed by atoms with E-state index >= 15 is 0 Å². The number of hydrogen-bond acceptors (Lipinski definition) is 3. The van der Waals surface area contributed by atoms with Crippen molar-refractivity contribution in [3.05, 3.63) is 29.8 Å². The van der Waals surface area contributed by atoms with E-state index in [1.807, 2.05) is 0 Å². The second-order valence-electron chi connectivity index (χ2n) is 6.93. The second-order valence-corrected chi connectivity index (χ2v) is 6.93. The first kappa shape index (κ1) is 17.8. The Kier molecular flexibility index (Phi) is 5.01. The fourth-order valence-corrected chi connectivity index (χ4v) is 4.02. The average Bonchev–Trinajstić information content (AvgIpc) is 3.15. The first-order chi connectivity index (χ1) is 11.8. The number of anilines is 1. The topological polar surface area (TPSA) is 55.4 Å². The zero-order chi connectivity index (χ0) is 18.0. The molecule has 2 aliphatic rings. The number of alkyl halides is 3. The van der Waals surface area contributed by atoms with E-state index in [-0.39, 0.29) is 5.69 Å². The molecule has 136 valence electrons. The van der Waals surface area contributed by atoms with Crippen molar-refractivity contribution < 1.29 is 27.5 Å². The van der Waals surface area contributed by atoms with Crippen molar-refractivity contribution in [1.29, 1.82) is 0 Å². The van der Waals surface area contributed by atoms with Crippen LogP contribution in [0, 0.1) is 17.8 Å². The molecule has 2 saturated carbocycles. The van der Waals surface area contributed by atoms with E-state index in [9.17, 15) is 22.8 Å². The minimum absolute atomic E-state index is 0.0176. The number of carbonyl (C=O) groups is 2. The number of benzene rings is 1. The van der Waals surface area contributed by atoms with E-state index < -0.39 is 30.2 Å². The fourth-order valence-electron chi connectivity index (χ4n) is 4.02. The summed E-state index contributed by atoms with van der Waals surface area (Å²) < 4.78 is 42.9. The maximum Gasteiger partial charge on any atom is 0.416 e. The van der Waals surface area contributed by atoms with Gasteiger partial charge in [0.2, 0.25) is 0 Å². The van der Waals surface area contributed by atoms with Crippen molar-refractivity contribution in [2.24, 2.45) is 17.8 Å². The van der Waals surface area contributed by atoms with E-state index in [2.05, 4.69) is 5.32 Å². The highest BCUT2D eigenvalue weighted by atomic mass is 19.4. The van der Waals surface area contributed by atoms with E-state index in [0.717, 1.165) is 24.5 Å².